The van der Waals surface area contributed by atoms with Crippen LogP contribution >= 0.6 is 0 Å². The summed E-state index contributed by atoms with van der Waals surface area (Å²) in [6.45, 7) is 3.43. The molecule has 4 rings (SSSR count). The fourth-order valence-electron chi connectivity index (χ4n) is 4.80. The predicted molar refractivity (Wildman–Crippen MR) is 135 cm³/mol. The molecule has 0 aliphatic carbocycles. The highest BCUT2D eigenvalue weighted by Gasteiger charge is 2.26. The van der Waals surface area contributed by atoms with Gasteiger partial charge < -0.3 is 11.1 Å². The lowest BCUT2D eigenvalue weighted by molar-refractivity contribution is -0.123. The van der Waals surface area contributed by atoms with Gasteiger partial charge in [0.2, 0.25) is 15.9 Å². The minimum Gasteiger partial charge on any atom is -0.369 e. The van der Waals surface area contributed by atoms with Crippen molar-refractivity contribution < 1.29 is 18.0 Å². The number of hydrogen-bond donors (Lipinski definition) is 2. The number of nitrogens with zero attached hydrogens (tertiary/aromatic N) is 2. The van der Waals surface area contributed by atoms with Gasteiger partial charge in [-0.1, -0.05) is 25.0 Å². The van der Waals surface area contributed by atoms with E-state index >= 15 is 0 Å². The Labute approximate surface area is 207 Å². The number of likely N-dealkylation sites (tertiary alicyclic amines) is 1. The maximum Gasteiger partial charge on any atom is 0.255 e. The Morgan fingerprint density at radius 2 is 1.54 bits per heavy atom. The summed E-state index contributed by atoms with van der Waals surface area (Å²) >= 11 is 0. The van der Waals surface area contributed by atoms with Crippen LogP contribution in [0.15, 0.2) is 53.4 Å². The first-order valence-corrected chi connectivity index (χ1v) is 13.8. The molecule has 2 aromatic carbocycles. The van der Waals surface area contributed by atoms with Gasteiger partial charge in [0.25, 0.3) is 5.91 Å². The van der Waals surface area contributed by atoms with Gasteiger partial charge in [-0.25, -0.2) is 8.42 Å². The summed E-state index contributed by atoms with van der Waals surface area (Å²) in [5, 5.41) is 2.87. The Morgan fingerprint density at radius 3 is 2.17 bits per heavy atom. The molecule has 188 valence electrons. The molecule has 2 fully saturated rings. The maximum absolute atomic E-state index is 12.9. The normalized spacial score (nSPS) is 20.2. The summed E-state index contributed by atoms with van der Waals surface area (Å²) < 4.78 is 27.4. The van der Waals surface area contributed by atoms with E-state index in [0.717, 1.165) is 57.2 Å². The second kappa shape index (κ2) is 11.3. The number of hydrogen-bond acceptors (Lipinski definition) is 5. The number of carbonyl (C=O) groups excluding carboxylic acids is 2. The monoisotopic (exact) mass is 498 g/mol. The van der Waals surface area contributed by atoms with Crippen molar-refractivity contribution in [2.75, 3.05) is 31.5 Å². The smallest absolute Gasteiger partial charge is 0.255 e. The fourth-order valence-corrected chi connectivity index (χ4v) is 6.31. The molecule has 3 N–H and O–H groups in total. The molecule has 2 aliphatic heterocycles. The number of amides is 2. The minimum absolute atomic E-state index is 0.0898. The van der Waals surface area contributed by atoms with Crippen LogP contribution in [0, 0.1) is 5.92 Å². The topological polar surface area (TPSA) is 113 Å². The zero-order chi connectivity index (χ0) is 24.8. The van der Waals surface area contributed by atoms with Crippen molar-refractivity contribution in [2.24, 2.45) is 11.7 Å². The third-order valence-electron chi connectivity index (χ3n) is 6.85. The van der Waals surface area contributed by atoms with E-state index in [1.54, 1.807) is 16.4 Å². The van der Waals surface area contributed by atoms with Crippen LogP contribution in [0.1, 0.15) is 54.4 Å². The molecule has 2 aromatic rings. The van der Waals surface area contributed by atoms with E-state index in [9.17, 15) is 18.0 Å². The average Bonchev–Trinajstić information content (AvgIpc) is 3.16. The third kappa shape index (κ3) is 6.48. The molecule has 0 aromatic heterocycles. The summed E-state index contributed by atoms with van der Waals surface area (Å²) in [5.41, 5.74) is 7.62. The van der Waals surface area contributed by atoms with Crippen molar-refractivity contribution in [3.63, 3.8) is 0 Å². The van der Waals surface area contributed by atoms with Gasteiger partial charge in [-0.15, -0.1) is 0 Å². The predicted octanol–water partition coefficient (Wildman–Crippen LogP) is 3.20. The summed E-state index contributed by atoms with van der Waals surface area (Å²) in [4.78, 5) is 26.6. The number of piperidine rings is 1. The van der Waals surface area contributed by atoms with Crippen molar-refractivity contribution >= 4 is 27.5 Å². The fraction of sp³-hybridized carbons (Fsp3) is 0.462. The SMILES string of the molecule is NC(=O)C1CCCN(Cc2ccc(NC(=O)c3ccc(S(=O)(=O)N4CCCCCC4)cc3)cc2)C1. The molecular weight excluding hydrogens is 464 g/mol. The summed E-state index contributed by atoms with van der Waals surface area (Å²) in [7, 11) is -3.54. The van der Waals surface area contributed by atoms with Gasteiger partial charge in [0, 0.05) is 37.4 Å². The molecule has 2 heterocycles. The van der Waals surface area contributed by atoms with E-state index < -0.39 is 10.0 Å². The Balaban J connectivity index is 1.34. The standard InChI is InChI=1S/C26H34N4O4S/c27-25(31)22-6-5-15-29(19-22)18-20-7-11-23(12-8-20)28-26(32)21-9-13-24(14-10-21)35(33,34)30-16-3-1-2-4-17-30/h7-14,22H,1-6,15-19H2,(H2,27,31)(H,28,32). The maximum atomic E-state index is 12.9. The molecule has 35 heavy (non-hydrogen) atoms. The molecule has 9 heteroatoms. The first kappa shape index (κ1) is 25.3. The van der Waals surface area contributed by atoms with E-state index in [1.165, 1.54) is 12.1 Å². The molecule has 2 saturated heterocycles. The number of nitrogens with two attached hydrogens (primary N) is 1. The second-order valence-corrected chi connectivity index (χ2v) is 11.4. The lowest BCUT2D eigenvalue weighted by Crippen LogP contribution is -2.40. The third-order valence-corrected chi connectivity index (χ3v) is 8.76. The Bertz CT molecular complexity index is 1120. The quantitative estimate of drug-likeness (QED) is 0.609. The van der Waals surface area contributed by atoms with Gasteiger partial charge in [-0.2, -0.15) is 4.31 Å². The van der Waals surface area contributed by atoms with Crippen LogP contribution in [0.4, 0.5) is 5.69 Å². The largest absolute Gasteiger partial charge is 0.369 e. The second-order valence-electron chi connectivity index (χ2n) is 9.47. The number of primary amides is 1. The van der Waals surface area contributed by atoms with Crippen LogP contribution in [-0.2, 0) is 21.4 Å². The van der Waals surface area contributed by atoms with E-state index in [0.29, 0.717) is 30.9 Å². The molecule has 0 spiro atoms. The van der Waals surface area contributed by atoms with Crippen molar-refractivity contribution in [3.05, 3.63) is 59.7 Å². The van der Waals surface area contributed by atoms with Crippen LogP contribution in [-0.4, -0.2) is 55.6 Å². The lowest BCUT2D eigenvalue weighted by Gasteiger charge is -2.31. The van der Waals surface area contributed by atoms with Crippen LogP contribution < -0.4 is 11.1 Å². The van der Waals surface area contributed by atoms with Gasteiger partial charge in [0.05, 0.1) is 10.8 Å². The zero-order valence-corrected chi connectivity index (χ0v) is 20.8. The number of nitrogens with one attached hydrogen (secondary N) is 1. The van der Waals surface area contributed by atoms with Gasteiger partial charge in [0.15, 0.2) is 0 Å². The highest BCUT2D eigenvalue weighted by atomic mass is 32.2. The average molecular weight is 499 g/mol. The van der Waals surface area contributed by atoms with Crippen LogP contribution in [0.2, 0.25) is 0 Å². The van der Waals surface area contributed by atoms with Crippen molar-refractivity contribution in [1.29, 1.82) is 0 Å². The number of sulfonamides is 1. The Morgan fingerprint density at radius 1 is 0.886 bits per heavy atom. The minimum atomic E-state index is -3.54. The number of carbonyl (C=O) groups is 2. The van der Waals surface area contributed by atoms with Crippen LogP contribution in [0.25, 0.3) is 0 Å². The number of anilines is 1. The first-order chi connectivity index (χ1) is 16.8. The number of benzene rings is 2. The molecule has 0 bridgehead atoms. The number of rotatable bonds is 7. The summed E-state index contributed by atoms with van der Waals surface area (Å²) in [6, 6.07) is 13.7. The molecule has 8 nitrogen and oxygen atoms in total. The molecular formula is C26H34N4O4S. The Hall–Kier alpha value is -2.75. The highest BCUT2D eigenvalue weighted by molar-refractivity contribution is 7.89. The zero-order valence-electron chi connectivity index (χ0n) is 20.0. The summed E-state index contributed by atoms with van der Waals surface area (Å²) in [5.74, 6) is -0.620. The van der Waals surface area contributed by atoms with Gasteiger partial charge in [-0.3, -0.25) is 14.5 Å². The van der Waals surface area contributed by atoms with Gasteiger partial charge >= 0.3 is 0 Å². The van der Waals surface area contributed by atoms with Gasteiger partial charge in [-0.05, 0) is 74.2 Å². The van der Waals surface area contributed by atoms with Crippen molar-refractivity contribution in [1.82, 2.24) is 9.21 Å². The molecule has 1 atom stereocenters. The molecule has 2 aliphatic rings. The highest BCUT2D eigenvalue weighted by Crippen LogP contribution is 2.22. The first-order valence-electron chi connectivity index (χ1n) is 12.3. The molecule has 1 unspecified atom stereocenters. The van der Waals surface area contributed by atoms with Crippen molar-refractivity contribution in [3.8, 4) is 0 Å². The van der Waals surface area contributed by atoms with E-state index in [4.69, 9.17) is 5.73 Å². The lowest BCUT2D eigenvalue weighted by atomic mass is 9.97. The van der Waals surface area contributed by atoms with E-state index in [2.05, 4.69) is 10.2 Å². The van der Waals surface area contributed by atoms with Crippen molar-refractivity contribution in [2.45, 2.75) is 50.0 Å². The van der Waals surface area contributed by atoms with Crippen LogP contribution in [0.5, 0.6) is 0 Å². The molecule has 2 amide bonds. The van der Waals surface area contributed by atoms with Crippen LogP contribution in [0.3, 0.4) is 0 Å². The van der Waals surface area contributed by atoms with Gasteiger partial charge in [0.1, 0.15) is 0 Å². The summed E-state index contributed by atoms with van der Waals surface area (Å²) in [6.07, 6.45) is 5.68. The Kier molecular flexibility index (Phi) is 8.20. The molecule has 0 saturated carbocycles. The molecule has 0 radical (unpaired) electrons. The van der Waals surface area contributed by atoms with E-state index in [1.807, 2.05) is 24.3 Å². The van der Waals surface area contributed by atoms with E-state index in [-0.39, 0.29) is 22.6 Å².